The van der Waals surface area contributed by atoms with Gasteiger partial charge in [0.05, 0.1) is 4.90 Å². The summed E-state index contributed by atoms with van der Waals surface area (Å²) >= 11 is 0. The summed E-state index contributed by atoms with van der Waals surface area (Å²) in [6.45, 7) is 0.183. The van der Waals surface area contributed by atoms with Gasteiger partial charge in [-0.2, -0.15) is 0 Å². The summed E-state index contributed by atoms with van der Waals surface area (Å²) in [5, 5.41) is 5.63. The van der Waals surface area contributed by atoms with Crippen LogP contribution in [0.1, 0.15) is 39.1 Å². The molecule has 5 rings (SSSR count). The van der Waals surface area contributed by atoms with Gasteiger partial charge < -0.3 is 20.1 Å². The molecule has 0 atom stereocenters. The van der Waals surface area contributed by atoms with Crippen molar-refractivity contribution in [1.29, 1.82) is 0 Å². The number of nitrogens with one attached hydrogen (secondary N) is 3. The Balaban J connectivity index is 1.25. The summed E-state index contributed by atoms with van der Waals surface area (Å²) in [6.07, 6.45) is 1.96. The number of ether oxygens (including phenoxy) is 2. The average Bonchev–Trinajstić information content (AvgIpc) is 3.55. The van der Waals surface area contributed by atoms with E-state index in [1.807, 2.05) is 0 Å². The topological polar surface area (TPSA) is 123 Å². The van der Waals surface area contributed by atoms with E-state index in [2.05, 4.69) is 15.4 Å². The third-order valence-electron chi connectivity index (χ3n) is 5.61. The van der Waals surface area contributed by atoms with Crippen molar-refractivity contribution in [1.82, 2.24) is 10.0 Å². The van der Waals surface area contributed by atoms with Crippen molar-refractivity contribution in [2.45, 2.75) is 30.3 Å². The van der Waals surface area contributed by atoms with Crippen molar-refractivity contribution in [2.24, 2.45) is 0 Å². The number of amides is 2. The van der Waals surface area contributed by atoms with Crippen LogP contribution in [0.4, 0.5) is 5.69 Å². The highest BCUT2D eigenvalue weighted by Crippen LogP contribution is 2.32. The second-order valence-corrected chi connectivity index (χ2v) is 10.1. The Morgan fingerprint density at radius 3 is 2.40 bits per heavy atom. The van der Waals surface area contributed by atoms with Crippen LogP contribution in [-0.2, 0) is 16.6 Å². The molecule has 35 heavy (non-hydrogen) atoms. The summed E-state index contributed by atoms with van der Waals surface area (Å²) in [5.74, 6) is 0.502. The minimum atomic E-state index is -3.88. The smallest absolute Gasteiger partial charge is 0.255 e. The van der Waals surface area contributed by atoms with Gasteiger partial charge in [0.25, 0.3) is 11.8 Å². The molecule has 1 aliphatic heterocycles. The van der Waals surface area contributed by atoms with Gasteiger partial charge in [0.15, 0.2) is 11.5 Å². The fraction of sp³-hybridized carbons (Fsp3) is 0.200. The summed E-state index contributed by atoms with van der Waals surface area (Å²) < 4.78 is 38.8. The van der Waals surface area contributed by atoms with Crippen LogP contribution in [0.2, 0.25) is 0 Å². The molecule has 2 amide bonds. The van der Waals surface area contributed by atoms with Crippen LogP contribution in [0.25, 0.3) is 0 Å². The van der Waals surface area contributed by atoms with Gasteiger partial charge in [-0.1, -0.05) is 18.2 Å². The van der Waals surface area contributed by atoms with Crippen molar-refractivity contribution in [3.05, 3.63) is 83.4 Å². The van der Waals surface area contributed by atoms with Crippen molar-refractivity contribution >= 4 is 27.5 Å². The zero-order chi connectivity index (χ0) is 24.4. The SMILES string of the molecule is O=C(Nc1cccc(C(=O)NC2CC2)c1)c1cccc(S(=O)(=O)NCc2ccc3c(c2)OCO3)c1. The Labute approximate surface area is 202 Å². The lowest BCUT2D eigenvalue weighted by molar-refractivity contribution is 0.0949. The van der Waals surface area contributed by atoms with Crippen LogP contribution < -0.4 is 24.8 Å². The van der Waals surface area contributed by atoms with E-state index in [1.54, 1.807) is 42.5 Å². The lowest BCUT2D eigenvalue weighted by atomic mass is 10.1. The van der Waals surface area contributed by atoms with Crippen LogP contribution >= 0.6 is 0 Å². The molecule has 0 unspecified atom stereocenters. The van der Waals surface area contributed by atoms with Crippen LogP contribution in [0.3, 0.4) is 0 Å². The Morgan fingerprint density at radius 2 is 1.60 bits per heavy atom. The molecule has 3 aromatic rings. The maximum atomic E-state index is 12.8. The minimum Gasteiger partial charge on any atom is -0.454 e. The number of hydrogen-bond donors (Lipinski definition) is 3. The van der Waals surface area contributed by atoms with Crippen LogP contribution in [0, 0.1) is 0 Å². The second kappa shape index (κ2) is 9.40. The third-order valence-corrected chi connectivity index (χ3v) is 7.00. The molecule has 9 nitrogen and oxygen atoms in total. The molecule has 1 fully saturated rings. The Kier molecular flexibility index (Phi) is 6.14. The molecule has 2 aliphatic rings. The summed E-state index contributed by atoms with van der Waals surface area (Å²) in [4.78, 5) is 25.0. The monoisotopic (exact) mass is 493 g/mol. The molecule has 0 radical (unpaired) electrons. The number of rotatable bonds is 8. The minimum absolute atomic E-state index is 0.0385. The van der Waals surface area contributed by atoms with Gasteiger partial charge in [-0.15, -0.1) is 0 Å². The van der Waals surface area contributed by atoms with Crippen molar-refractivity contribution in [2.75, 3.05) is 12.1 Å². The van der Waals surface area contributed by atoms with Gasteiger partial charge in [-0.05, 0) is 66.9 Å². The first-order valence-electron chi connectivity index (χ1n) is 11.1. The molecule has 180 valence electrons. The molecule has 1 saturated carbocycles. The standard InChI is InChI=1S/C25H23N3O6S/c29-24(27-19-8-9-19)17-3-1-5-20(12-17)28-25(30)18-4-2-6-21(13-18)35(31,32)26-14-16-7-10-22-23(11-16)34-15-33-22/h1-7,10-13,19,26H,8-9,14-15H2,(H,27,29)(H,28,30). The number of anilines is 1. The molecule has 0 spiro atoms. The largest absolute Gasteiger partial charge is 0.454 e. The number of sulfonamides is 1. The number of carbonyl (C=O) groups is 2. The quantitative estimate of drug-likeness (QED) is 0.443. The highest BCUT2D eigenvalue weighted by atomic mass is 32.2. The number of hydrogen-bond acceptors (Lipinski definition) is 6. The van der Waals surface area contributed by atoms with Gasteiger partial charge in [0, 0.05) is 29.4 Å². The molecule has 1 aliphatic carbocycles. The molecule has 1 heterocycles. The maximum Gasteiger partial charge on any atom is 0.255 e. The molecular weight excluding hydrogens is 470 g/mol. The van der Waals surface area contributed by atoms with E-state index in [1.165, 1.54) is 24.3 Å². The lowest BCUT2D eigenvalue weighted by Gasteiger charge is -2.10. The van der Waals surface area contributed by atoms with Crippen molar-refractivity contribution in [3.63, 3.8) is 0 Å². The second-order valence-electron chi connectivity index (χ2n) is 8.32. The van der Waals surface area contributed by atoms with Crippen LogP contribution in [-0.4, -0.2) is 33.1 Å². The van der Waals surface area contributed by atoms with E-state index in [9.17, 15) is 18.0 Å². The van der Waals surface area contributed by atoms with Gasteiger partial charge >= 0.3 is 0 Å². The van der Waals surface area contributed by atoms with Gasteiger partial charge in [-0.25, -0.2) is 13.1 Å². The molecule has 0 aromatic heterocycles. The molecule has 3 aromatic carbocycles. The lowest BCUT2D eigenvalue weighted by Crippen LogP contribution is -2.25. The van der Waals surface area contributed by atoms with Gasteiger partial charge in [0.1, 0.15) is 0 Å². The zero-order valence-corrected chi connectivity index (χ0v) is 19.4. The van der Waals surface area contributed by atoms with Crippen molar-refractivity contribution in [3.8, 4) is 11.5 Å². The fourth-order valence-corrected chi connectivity index (χ4v) is 4.62. The van der Waals surface area contributed by atoms with E-state index in [-0.39, 0.29) is 35.7 Å². The predicted molar refractivity (Wildman–Crippen MR) is 128 cm³/mol. The molecular formula is C25H23N3O6S. The summed E-state index contributed by atoms with van der Waals surface area (Å²) in [5.41, 5.74) is 1.76. The maximum absolute atomic E-state index is 12.8. The van der Waals surface area contributed by atoms with E-state index in [0.717, 1.165) is 12.8 Å². The third kappa shape index (κ3) is 5.44. The molecule has 0 saturated heterocycles. The highest BCUT2D eigenvalue weighted by molar-refractivity contribution is 7.89. The average molecular weight is 494 g/mol. The Morgan fingerprint density at radius 1 is 0.857 bits per heavy atom. The molecule has 3 N–H and O–H groups in total. The van der Waals surface area contributed by atoms with Crippen LogP contribution in [0.15, 0.2) is 71.6 Å². The van der Waals surface area contributed by atoms with E-state index in [4.69, 9.17) is 9.47 Å². The summed E-state index contributed by atoms with van der Waals surface area (Å²) in [6, 6.07) is 17.8. The van der Waals surface area contributed by atoms with Crippen LogP contribution in [0.5, 0.6) is 11.5 Å². The fourth-order valence-electron chi connectivity index (χ4n) is 3.55. The number of carbonyl (C=O) groups excluding carboxylic acids is 2. The first-order chi connectivity index (χ1) is 16.9. The number of fused-ring (bicyclic) bond motifs is 1. The van der Waals surface area contributed by atoms with E-state index < -0.39 is 15.9 Å². The Bertz CT molecular complexity index is 1400. The van der Waals surface area contributed by atoms with Gasteiger partial charge in [-0.3, -0.25) is 9.59 Å². The first-order valence-corrected chi connectivity index (χ1v) is 12.6. The zero-order valence-electron chi connectivity index (χ0n) is 18.6. The van der Waals surface area contributed by atoms with Crippen molar-refractivity contribution < 1.29 is 27.5 Å². The van der Waals surface area contributed by atoms with Gasteiger partial charge in [0.2, 0.25) is 16.8 Å². The Hall–Kier alpha value is -3.89. The van der Waals surface area contributed by atoms with E-state index in [0.29, 0.717) is 28.3 Å². The number of benzene rings is 3. The normalized spacial score (nSPS) is 14.4. The summed E-state index contributed by atoms with van der Waals surface area (Å²) in [7, 11) is -3.88. The first kappa shape index (κ1) is 22.9. The molecule has 10 heteroatoms. The highest BCUT2D eigenvalue weighted by Gasteiger charge is 2.24. The molecule has 0 bridgehead atoms. The predicted octanol–water partition coefficient (Wildman–Crippen LogP) is 3.04. The van der Waals surface area contributed by atoms with E-state index >= 15 is 0 Å².